The van der Waals surface area contributed by atoms with Gasteiger partial charge in [-0.15, -0.1) is 0 Å². The Morgan fingerprint density at radius 2 is 1.83 bits per heavy atom. The van der Waals surface area contributed by atoms with Gasteiger partial charge in [-0.25, -0.2) is 13.2 Å². The molecule has 2 rings (SSSR count). The normalized spacial score (nSPS) is 10.4. The van der Waals surface area contributed by atoms with Crippen LogP contribution in [0.25, 0.3) is 0 Å². The van der Waals surface area contributed by atoms with E-state index in [1.165, 1.54) is 12.1 Å². The molecule has 0 aliphatic rings. The molecular formula is C12H8ClF3N2. The Kier molecular flexibility index (Phi) is 3.34. The van der Waals surface area contributed by atoms with Crippen molar-refractivity contribution < 1.29 is 13.2 Å². The molecule has 0 radical (unpaired) electrons. The highest BCUT2D eigenvalue weighted by molar-refractivity contribution is 6.34. The van der Waals surface area contributed by atoms with Crippen LogP contribution in [0.3, 0.4) is 0 Å². The second-order valence-corrected chi connectivity index (χ2v) is 3.99. The highest BCUT2D eigenvalue weighted by Gasteiger charge is 2.13. The lowest BCUT2D eigenvalue weighted by molar-refractivity contribution is 0.498. The first-order chi connectivity index (χ1) is 8.49. The molecule has 0 unspecified atom stereocenters. The van der Waals surface area contributed by atoms with Gasteiger partial charge in [0.1, 0.15) is 5.82 Å². The molecule has 0 atom stereocenters. The van der Waals surface area contributed by atoms with Crippen LogP contribution in [-0.2, 0) is 0 Å². The van der Waals surface area contributed by atoms with E-state index in [0.717, 1.165) is 6.07 Å². The van der Waals surface area contributed by atoms with Crippen LogP contribution in [0.2, 0.25) is 5.02 Å². The first-order valence-electron chi connectivity index (χ1n) is 4.94. The largest absolute Gasteiger partial charge is 0.397 e. The fourth-order valence-corrected chi connectivity index (χ4v) is 1.68. The van der Waals surface area contributed by atoms with E-state index in [4.69, 9.17) is 17.3 Å². The van der Waals surface area contributed by atoms with Crippen molar-refractivity contribution in [3.63, 3.8) is 0 Å². The third-order valence-electron chi connectivity index (χ3n) is 2.30. The van der Waals surface area contributed by atoms with Crippen molar-refractivity contribution in [1.82, 2.24) is 0 Å². The Hall–Kier alpha value is -1.88. The van der Waals surface area contributed by atoms with E-state index in [9.17, 15) is 13.2 Å². The number of hydrogen-bond acceptors (Lipinski definition) is 2. The predicted octanol–water partition coefficient (Wildman–Crippen LogP) is 4.08. The van der Waals surface area contributed by atoms with E-state index in [-0.39, 0.29) is 22.1 Å². The Morgan fingerprint density at radius 1 is 1.11 bits per heavy atom. The van der Waals surface area contributed by atoms with E-state index in [0.29, 0.717) is 6.07 Å². The van der Waals surface area contributed by atoms with Crippen LogP contribution >= 0.6 is 11.6 Å². The third-order valence-corrected chi connectivity index (χ3v) is 2.61. The SMILES string of the molecule is Nc1cccc(Cl)c1Nc1cc(F)cc(F)c1F. The summed E-state index contributed by atoms with van der Waals surface area (Å²) in [6, 6.07) is 5.93. The molecule has 0 spiro atoms. The topological polar surface area (TPSA) is 38.0 Å². The van der Waals surface area contributed by atoms with Crippen LogP contribution in [-0.4, -0.2) is 0 Å². The van der Waals surface area contributed by atoms with Crippen molar-refractivity contribution in [2.24, 2.45) is 0 Å². The molecule has 0 aliphatic heterocycles. The van der Waals surface area contributed by atoms with Crippen LogP contribution < -0.4 is 11.1 Å². The number of nitrogens with one attached hydrogen (secondary N) is 1. The average Bonchev–Trinajstić information content (AvgIpc) is 2.30. The predicted molar refractivity (Wildman–Crippen MR) is 65.5 cm³/mol. The van der Waals surface area contributed by atoms with Gasteiger partial charge in [0, 0.05) is 12.1 Å². The molecule has 2 aromatic carbocycles. The minimum Gasteiger partial charge on any atom is -0.397 e. The molecule has 0 saturated carbocycles. The lowest BCUT2D eigenvalue weighted by Gasteiger charge is -2.12. The van der Waals surface area contributed by atoms with Crippen LogP contribution in [0.1, 0.15) is 0 Å². The highest BCUT2D eigenvalue weighted by Crippen LogP contribution is 2.32. The molecule has 2 nitrogen and oxygen atoms in total. The summed E-state index contributed by atoms with van der Waals surface area (Å²) in [6.45, 7) is 0. The molecule has 0 heterocycles. The van der Waals surface area contributed by atoms with Gasteiger partial charge in [0.25, 0.3) is 0 Å². The molecule has 6 heteroatoms. The Morgan fingerprint density at radius 3 is 2.50 bits per heavy atom. The zero-order chi connectivity index (χ0) is 13.3. The summed E-state index contributed by atoms with van der Waals surface area (Å²) in [6.07, 6.45) is 0. The molecule has 0 amide bonds. The summed E-state index contributed by atoms with van der Waals surface area (Å²) >= 11 is 5.86. The standard InChI is InChI=1S/C12H8ClF3N2/c13-7-2-1-3-9(17)12(7)18-10-5-6(14)4-8(15)11(10)16/h1-5,18H,17H2. The number of rotatable bonds is 2. The van der Waals surface area contributed by atoms with Gasteiger partial charge >= 0.3 is 0 Å². The second kappa shape index (κ2) is 4.78. The molecule has 2 aromatic rings. The van der Waals surface area contributed by atoms with Gasteiger partial charge in [-0.2, -0.15) is 0 Å². The number of nitrogens with two attached hydrogens (primary N) is 1. The molecule has 0 aromatic heterocycles. The van der Waals surface area contributed by atoms with Crippen LogP contribution in [0.4, 0.5) is 30.2 Å². The minimum atomic E-state index is -1.29. The number of hydrogen-bond donors (Lipinski definition) is 2. The Bertz CT molecular complexity index is 582. The van der Waals surface area contributed by atoms with E-state index in [1.54, 1.807) is 6.07 Å². The first-order valence-corrected chi connectivity index (χ1v) is 5.32. The average molecular weight is 273 g/mol. The molecule has 3 N–H and O–H groups in total. The van der Waals surface area contributed by atoms with Crippen molar-refractivity contribution in [3.8, 4) is 0 Å². The Balaban J connectivity index is 2.46. The number of halogens is 4. The van der Waals surface area contributed by atoms with E-state index < -0.39 is 17.5 Å². The summed E-state index contributed by atoms with van der Waals surface area (Å²) in [5.41, 5.74) is 5.71. The quantitative estimate of drug-likeness (QED) is 0.638. The van der Waals surface area contributed by atoms with Gasteiger partial charge in [-0.1, -0.05) is 17.7 Å². The lowest BCUT2D eigenvalue weighted by Crippen LogP contribution is -2.01. The zero-order valence-corrected chi connectivity index (χ0v) is 9.73. The molecule has 0 saturated heterocycles. The molecule has 18 heavy (non-hydrogen) atoms. The maximum atomic E-state index is 13.4. The molecule has 0 fully saturated rings. The number of para-hydroxylation sites is 1. The lowest BCUT2D eigenvalue weighted by atomic mass is 10.2. The van der Waals surface area contributed by atoms with Gasteiger partial charge < -0.3 is 11.1 Å². The van der Waals surface area contributed by atoms with Gasteiger partial charge in [-0.3, -0.25) is 0 Å². The summed E-state index contributed by atoms with van der Waals surface area (Å²) in [4.78, 5) is 0. The summed E-state index contributed by atoms with van der Waals surface area (Å²) in [5.74, 6) is -3.39. The minimum absolute atomic E-state index is 0.197. The third kappa shape index (κ3) is 2.36. The molecule has 94 valence electrons. The molecule has 0 bridgehead atoms. The monoisotopic (exact) mass is 272 g/mol. The van der Waals surface area contributed by atoms with Crippen molar-refractivity contribution in [2.45, 2.75) is 0 Å². The van der Waals surface area contributed by atoms with Gasteiger partial charge in [0.15, 0.2) is 11.6 Å². The highest BCUT2D eigenvalue weighted by atomic mass is 35.5. The fraction of sp³-hybridized carbons (Fsp3) is 0. The summed E-state index contributed by atoms with van der Waals surface area (Å²) in [7, 11) is 0. The van der Waals surface area contributed by atoms with Crippen LogP contribution in [0, 0.1) is 17.5 Å². The van der Waals surface area contributed by atoms with E-state index >= 15 is 0 Å². The maximum absolute atomic E-state index is 13.4. The smallest absolute Gasteiger partial charge is 0.182 e. The summed E-state index contributed by atoms with van der Waals surface area (Å²) < 4.78 is 39.5. The van der Waals surface area contributed by atoms with Crippen LogP contribution in [0.5, 0.6) is 0 Å². The maximum Gasteiger partial charge on any atom is 0.182 e. The number of anilines is 3. The second-order valence-electron chi connectivity index (χ2n) is 3.58. The zero-order valence-electron chi connectivity index (χ0n) is 8.98. The molecule has 0 aliphatic carbocycles. The fourth-order valence-electron chi connectivity index (χ4n) is 1.45. The van der Waals surface area contributed by atoms with Crippen molar-refractivity contribution in [3.05, 3.63) is 52.8 Å². The van der Waals surface area contributed by atoms with Gasteiger partial charge in [-0.05, 0) is 12.1 Å². The van der Waals surface area contributed by atoms with Crippen LogP contribution in [0.15, 0.2) is 30.3 Å². The van der Waals surface area contributed by atoms with Gasteiger partial charge in [0.2, 0.25) is 0 Å². The van der Waals surface area contributed by atoms with Gasteiger partial charge in [0.05, 0.1) is 22.1 Å². The van der Waals surface area contributed by atoms with E-state index in [1.807, 2.05) is 0 Å². The van der Waals surface area contributed by atoms with E-state index in [2.05, 4.69) is 5.32 Å². The summed E-state index contributed by atoms with van der Waals surface area (Å²) in [5, 5.41) is 2.70. The number of nitrogen functional groups attached to an aromatic ring is 1. The van der Waals surface area contributed by atoms with Crippen molar-refractivity contribution >= 4 is 28.7 Å². The number of benzene rings is 2. The Labute approximate surface area is 106 Å². The first kappa shape index (κ1) is 12.6. The molecular weight excluding hydrogens is 265 g/mol. The van der Waals surface area contributed by atoms with Crippen molar-refractivity contribution in [2.75, 3.05) is 11.1 Å². The van der Waals surface area contributed by atoms with Crippen molar-refractivity contribution in [1.29, 1.82) is 0 Å².